The Hall–Kier alpha value is -1.47. The van der Waals surface area contributed by atoms with E-state index in [1.165, 1.54) is 13.8 Å². The summed E-state index contributed by atoms with van der Waals surface area (Å²) in [5, 5.41) is 0. The van der Waals surface area contributed by atoms with Crippen LogP contribution in [-0.4, -0.2) is 6.08 Å². The first-order valence-electron chi connectivity index (χ1n) is 6.37. The largest absolute Gasteiger partial charge is 0.239 e. The van der Waals surface area contributed by atoms with Crippen LogP contribution in [0.1, 0.15) is 50.7 Å². The van der Waals surface area contributed by atoms with Crippen molar-refractivity contribution in [2.75, 3.05) is 0 Å². The summed E-state index contributed by atoms with van der Waals surface area (Å²) in [4.78, 5) is 14.6. The summed E-state index contributed by atoms with van der Waals surface area (Å²) < 4.78 is 13.8. The highest BCUT2D eigenvalue weighted by Gasteiger charge is 2.35. The van der Waals surface area contributed by atoms with Crippen LogP contribution in [0.2, 0.25) is 0 Å². The second-order valence-electron chi connectivity index (χ2n) is 5.49. The number of isocyanates is 1. The maximum atomic E-state index is 13.8. The summed E-state index contributed by atoms with van der Waals surface area (Å²) in [6.45, 7) is 3.08. The van der Waals surface area contributed by atoms with Gasteiger partial charge in [-0.2, -0.15) is 4.99 Å². The van der Waals surface area contributed by atoms with Crippen LogP contribution in [-0.2, 0) is 16.0 Å². The molecule has 3 heteroatoms. The summed E-state index contributed by atoms with van der Waals surface area (Å²) >= 11 is 0. The molecular formula is C15H18FNO. The molecule has 0 aliphatic heterocycles. The number of hydrogen-bond donors (Lipinski definition) is 0. The number of hydrogen-bond acceptors (Lipinski definition) is 2. The molecule has 0 saturated heterocycles. The fraction of sp³-hybridized carbons (Fsp3) is 0.533. The van der Waals surface area contributed by atoms with Crippen LogP contribution < -0.4 is 0 Å². The zero-order chi connectivity index (χ0) is 13.2. The molecule has 2 nitrogen and oxygen atoms in total. The molecule has 1 aromatic carbocycles. The van der Waals surface area contributed by atoms with Crippen LogP contribution in [0, 0.1) is 0 Å². The molecule has 0 aromatic heterocycles. The molecule has 0 N–H and O–H groups in total. The summed E-state index contributed by atoms with van der Waals surface area (Å²) in [5.74, 6) is 0. The Balaban J connectivity index is 2.36. The van der Waals surface area contributed by atoms with Crippen LogP contribution in [0.25, 0.3) is 0 Å². The van der Waals surface area contributed by atoms with Crippen molar-refractivity contribution in [1.82, 2.24) is 0 Å². The molecule has 0 heterocycles. The van der Waals surface area contributed by atoms with Crippen molar-refractivity contribution >= 4 is 6.08 Å². The van der Waals surface area contributed by atoms with Gasteiger partial charge in [-0.15, -0.1) is 0 Å². The van der Waals surface area contributed by atoms with E-state index in [-0.39, 0.29) is 0 Å². The van der Waals surface area contributed by atoms with E-state index in [1.807, 2.05) is 12.1 Å². The number of benzene rings is 1. The Bertz CT molecular complexity index is 460. The van der Waals surface area contributed by atoms with Crippen molar-refractivity contribution in [3.8, 4) is 0 Å². The Morgan fingerprint density at radius 3 is 2.22 bits per heavy atom. The normalized spacial score (nSPS) is 18.4. The van der Waals surface area contributed by atoms with Gasteiger partial charge < -0.3 is 0 Å². The van der Waals surface area contributed by atoms with E-state index in [0.29, 0.717) is 5.56 Å². The monoisotopic (exact) mass is 247 g/mol. The standard InChI is InChI=1S/C15H18FNO/c1-14(2,16)12-5-7-13(8-6-12)15(17-11-18)9-3-4-10-15/h5-8H,3-4,9-10H2,1-2H3. The highest BCUT2D eigenvalue weighted by atomic mass is 19.1. The van der Waals surface area contributed by atoms with Crippen molar-refractivity contribution in [2.45, 2.75) is 50.7 Å². The maximum Gasteiger partial charge on any atom is 0.235 e. The first-order valence-corrected chi connectivity index (χ1v) is 6.37. The SMILES string of the molecule is CC(C)(F)c1ccc(C2(N=C=O)CCCC2)cc1. The van der Waals surface area contributed by atoms with Gasteiger partial charge in [-0.05, 0) is 37.8 Å². The number of rotatable bonds is 3. The molecular weight excluding hydrogens is 229 g/mol. The molecule has 0 unspecified atom stereocenters. The van der Waals surface area contributed by atoms with E-state index < -0.39 is 11.2 Å². The van der Waals surface area contributed by atoms with Gasteiger partial charge in [0.2, 0.25) is 6.08 Å². The van der Waals surface area contributed by atoms with Gasteiger partial charge in [0.15, 0.2) is 0 Å². The molecule has 96 valence electrons. The fourth-order valence-corrected chi connectivity index (χ4v) is 2.69. The van der Waals surface area contributed by atoms with E-state index in [0.717, 1.165) is 31.2 Å². The predicted octanol–water partition coefficient (Wildman–Crippen LogP) is 4.00. The summed E-state index contributed by atoms with van der Waals surface area (Å²) in [7, 11) is 0. The van der Waals surface area contributed by atoms with Crippen molar-refractivity contribution < 1.29 is 9.18 Å². The minimum absolute atomic E-state index is 0.416. The third kappa shape index (κ3) is 2.37. The van der Waals surface area contributed by atoms with E-state index in [1.54, 1.807) is 18.2 Å². The third-order valence-electron chi connectivity index (χ3n) is 3.80. The lowest BCUT2D eigenvalue weighted by atomic mass is 9.87. The molecule has 2 rings (SSSR count). The number of carbonyl (C=O) groups excluding carboxylic acids is 1. The molecule has 1 saturated carbocycles. The lowest BCUT2D eigenvalue weighted by Crippen LogP contribution is -2.19. The van der Waals surface area contributed by atoms with Crippen LogP contribution in [0.15, 0.2) is 29.3 Å². The zero-order valence-corrected chi connectivity index (χ0v) is 10.9. The van der Waals surface area contributed by atoms with Gasteiger partial charge in [0.05, 0.1) is 5.54 Å². The number of nitrogens with zero attached hydrogens (tertiary/aromatic N) is 1. The van der Waals surface area contributed by atoms with E-state index in [2.05, 4.69) is 4.99 Å². The van der Waals surface area contributed by atoms with E-state index in [9.17, 15) is 9.18 Å². The lowest BCUT2D eigenvalue weighted by Gasteiger charge is -2.24. The van der Waals surface area contributed by atoms with Gasteiger partial charge in [0.1, 0.15) is 5.67 Å². The first kappa shape index (κ1) is 13.0. The van der Waals surface area contributed by atoms with Crippen molar-refractivity contribution in [3.63, 3.8) is 0 Å². The Labute approximate surface area is 107 Å². The molecule has 1 fully saturated rings. The van der Waals surface area contributed by atoms with Crippen LogP contribution in [0.5, 0.6) is 0 Å². The van der Waals surface area contributed by atoms with Gasteiger partial charge in [-0.3, -0.25) is 0 Å². The highest BCUT2D eigenvalue weighted by Crippen LogP contribution is 2.42. The number of alkyl halides is 1. The zero-order valence-electron chi connectivity index (χ0n) is 10.9. The molecule has 0 amide bonds. The topological polar surface area (TPSA) is 29.4 Å². The molecule has 1 aromatic rings. The van der Waals surface area contributed by atoms with Crippen LogP contribution >= 0.6 is 0 Å². The fourth-order valence-electron chi connectivity index (χ4n) is 2.69. The number of halogens is 1. The van der Waals surface area contributed by atoms with Crippen LogP contribution in [0.3, 0.4) is 0 Å². The van der Waals surface area contributed by atoms with Crippen LogP contribution in [0.4, 0.5) is 4.39 Å². The van der Waals surface area contributed by atoms with Crippen molar-refractivity contribution in [2.24, 2.45) is 4.99 Å². The summed E-state index contributed by atoms with van der Waals surface area (Å²) in [6.07, 6.45) is 5.59. The van der Waals surface area contributed by atoms with Crippen molar-refractivity contribution in [1.29, 1.82) is 0 Å². The molecule has 1 aliphatic rings. The molecule has 0 bridgehead atoms. The summed E-state index contributed by atoms with van der Waals surface area (Å²) in [6, 6.07) is 7.36. The van der Waals surface area contributed by atoms with E-state index >= 15 is 0 Å². The van der Waals surface area contributed by atoms with Gasteiger partial charge in [-0.25, -0.2) is 9.18 Å². The maximum absolute atomic E-state index is 13.8. The molecule has 0 atom stereocenters. The van der Waals surface area contributed by atoms with Gasteiger partial charge >= 0.3 is 0 Å². The average molecular weight is 247 g/mol. The van der Waals surface area contributed by atoms with Crippen molar-refractivity contribution in [3.05, 3.63) is 35.4 Å². The smallest absolute Gasteiger partial charge is 0.235 e. The second-order valence-corrected chi connectivity index (χ2v) is 5.49. The molecule has 18 heavy (non-hydrogen) atoms. The highest BCUT2D eigenvalue weighted by molar-refractivity contribution is 5.39. The first-order chi connectivity index (χ1) is 8.48. The molecule has 0 spiro atoms. The minimum atomic E-state index is -1.34. The van der Waals surface area contributed by atoms with Gasteiger partial charge in [-0.1, -0.05) is 37.1 Å². The second kappa shape index (κ2) is 4.66. The Kier molecular flexibility index (Phi) is 3.36. The number of aliphatic imine (C=N–C) groups is 1. The van der Waals surface area contributed by atoms with E-state index in [4.69, 9.17) is 0 Å². The van der Waals surface area contributed by atoms with Gasteiger partial charge in [0, 0.05) is 0 Å². The summed E-state index contributed by atoms with van der Waals surface area (Å²) in [5.41, 5.74) is -0.110. The average Bonchev–Trinajstić information content (AvgIpc) is 2.78. The lowest BCUT2D eigenvalue weighted by molar-refractivity contribution is 0.221. The van der Waals surface area contributed by atoms with Gasteiger partial charge in [0.25, 0.3) is 0 Å². The minimum Gasteiger partial charge on any atom is -0.239 e. The third-order valence-corrected chi connectivity index (χ3v) is 3.80. The Morgan fingerprint density at radius 2 is 1.78 bits per heavy atom. The predicted molar refractivity (Wildman–Crippen MR) is 68.8 cm³/mol. The molecule has 0 radical (unpaired) electrons. The Morgan fingerprint density at radius 1 is 1.22 bits per heavy atom. The molecule has 1 aliphatic carbocycles. The quantitative estimate of drug-likeness (QED) is 0.586.